The molecule has 0 amide bonds. The molecule has 0 saturated carbocycles. The number of aromatic nitrogens is 1. The van der Waals surface area contributed by atoms with Crippen molar-refractivity contribution < 1.29 is 0 Å². The first-order valence-corrected chi connectivity index (χ1v) is 7.14. The number of nitriles is 1. The predicted octanol–water partition coefficient (Wildman–Crippen LogP) is 2.34. The highest BCUT2D eigenvalue weighted by atomic mass is 32.1. The summed E-state index contributed by atoms with van der Waals surface area (Å²) in [6, 6.07) is 10.0. The van der Waals surface area contributed by atoms with Crippen molar-refractivity contribution in [3.63, 3.8) is 0 Å². The second-order valence-corrected chi connectivity index (χ2v) is 5.32. The summed E-state index contributed by atoms with van der Waals surface area (Å²) in [5, 5.41) is 12.1. The molecule has 3 rings (SSSR count). The van der Waals surface area contributed by atoms with E-state index in [1.807, 2.05) is 29.8 Å². The van der Waals surface area contributed by atoms with E-state index in [0.717, 1.165) is 42.6 Å². The summed E-state index contributed by atoms with van der Waals surface area (Å²) < 4.78 is 0. The molecule has 1 fully saturated rings. The van der Waals surface area contributed by atoms with E-state index in [2.05, 4.69) is 26.9 Å². The number of hydrogen-bond acceptors (Lipinski definition) is 5. The molecule has 0 unspecified atom stereocenters. The Hall–Kier alpha value is -2.06. The zero-order valence-electron chi connectivity index (χ0n) is 10.5. The maximum absolute atomic E-state index is 8.94. The number of benzene rings is 1. The Balaban J connectivity index is 1.68. The molecule has 0 aliphatic carbocycles. The fourth-order valence-corrected chi connectivity index (χ4v) is 3.00. The van der Waals surface area contributed by atoms with E-state index >= 15 is 0 Å². The van der Waals surface area contributed by atoms with Crippen molar-refractivity contribution in [3.05, 3.63) is 41.4 Å². The topological polar surface area (TPSA) is 43.2 Å². The van der Waals surface area contributed by atoms with E-state index in [-0.39, 0.29) is 0 Å². The minimum Gasteiger partial charge on any atom is -0.368 e. The molecule has 2 heterocycles. The number of rotatable bonds is 2. The maximum atomic E-state index is 8.94. The molecule has 1 aromatic heterocycles. The van der Waals surface area contributed by atoms with Gasteiger partial charge in [0.25, 0.3) is 0 Å². The van der Waals surface area contributed by atoms with Gasteiger partial charge < -0.3 is 9.80 Å². The molecule has 5 heteroatoms. The third-order valence-electron chi connectivity index (χ3n) is 3.31. The molecule has 2 aromatic rings. The Morgan fingerprint density at radius 1 is 1.16 bits per heavy atom. The molecule has 0 N–H and O–H groups in total. The molecule has 1 aromatic carbocycles. The van der Waals surface area contributed by atoms with Gasteiger partial charge in [-0.3, -0.25) is 0 Å². The highest BCUT2D eigenvalue weighted by Gasteiger charge is 2.18. The zero-order chi connectivity index (χ0) is 13.1. The lowest BCUT2D eigenvalue weighted by molar-refractivity contribution is 0.652. The van der Waals surface area contributed by atoms with Gasteiger partial charge in [0.15, 0.2) is 5.13 Å². The van der Waals surface area contributed by atoms with Crippen LogP contribution < -0.4 is 9.80 Å². The zero-order valence-corrected chi connectivity index (χ0v) is 11.3. The van der Waals surface area contributed by atoms with Crippen LogP contribution in [0.25, 0.3) is 0 Å². The van der Waals surface area contributed by atoms with Gasteiger partial charge in [-0.25, -0.2) is 4.98 Å². The monoisotopic (exact) mass is 270 g/mol. The van der Waals surface area contributed by atoms with Gasteiger partial charge in [-0.1, -0.05) is 6.07 Å². The minimum atomic E-state index is 0.722. The van der Waals surface area contributed by atoms with Gasteiger partial charge in [0.2, 0.25) is 0 Å². The summed E-state index contributed by atoms with van der Waals surface area (Å²) in [4.78, 5) is 8.99. The molecule has 1 saturated heterocycles. The molecular weight excluding hydrogens is 256 g/mol. The van der Waals surface area contributed by atoms with E-state index < -0.39 is 0 Å². The lowest BCUT2D eigenvalue weighted by Gasteiger charge is -2.36. The molecule has 0 bridgehead atoms. The van der Waals surface area contributed by atoms with Crippen LogP contribution >= 0.6 is 11.3 Å². The fourth-order valence-electron chi connectivity index (χ4n) is 2.30. The summed E-state index contributed by atoms with van der Waals surface area (Å²) in [5.74, 6) is 0. The molecule has 1 aliphatic heterocycles. The van der Waals surface area contributed by atoms with Crippen molar-refractivity contribution in [1.82, 2.24) is 4.98 Å². The normalized spacial score (nSPS) is 15.3. The molecule has 1 aliphatic rings. The minimum absolute atomic E-state index is 0.722. The van der Waals surface area contributed by atoms with Gasteiger partial charge >= 0.3 is 0 Å². The Labute approximate surface area is 116 Å². The van der Waals surface area contributed by atoms with Gasteiger partial charge in [0.1, 0.15) is 0 Å². The lowest BCUT2D eigenvalue weighted by atomic mass is 10.2. The van der Waals surface area contributed by atoms with E-state index in [4.69, 9.17) is 5.26 Å². The quantitative estimate of drug-likeness (QED) is 0.840. The van der Waals surface area contributed by atoms with E-state index in [1.54, 1.807) is 11.3 Å². The van der Waals surface area contributed by atoms with Crippen molar-refractivity contribution in [2.75, 3.05) is 36.0 Å². The summed E-state index contributed by atoms with van der Waals surface area (Å²) >= 11 is 1.69. The average molecular weight is 270 g/mol. The summed E-state index contributed by atoms with van der Waals surface area (Å²) in [5.41, 5.74) is 1.86. The van der Waals surface area contributed by atoms with Crippen LogP contribution in [-0.2, 0) is 0 Å². The Morgan fingerprint density at radius 3 is 2.63 bits per heavy atom. The van der Waals surface area contributed by atoms with E-state index in [9.17, 15) is 0 Å². The number of nitrogens with zero attached hydrogens (tertiary/aromatic N) is 4. The summed E-state index contributed by atoms with van der Waals surface area (Å²) in [7, 11) is 0. The Bertz CT molecular complexity index is 580. The van der Waals surface area contributed by atoms with Gasteiger partial charge in [0, 0.05) is 43.4 Å². The third-order valence-corrected chi connectivity index (χ3v) is 4.14. The van der Waals surface area contributed by atoms with Gasteiger partial charge in [-0.05, 0) is 18.2 Å². The molecular formula is C14H14N4S. The molecule has 0 spiro atoms. The predicted molar refractivity (Wildman–Crippen MR) is 77.7 cm³/mol. The molecule has 0 atom stereocenters. The largest absolute Gasteiger partial charge is 0.368 e. The maximum Gasteiger partial charge on any atom is 0.185 e. The van der Waals surface area contributed by atoms with Crippen LogP contribution in [0.3, 0.4) is 0 Å². The van der Waals surface area contributed by atoms with E-state index in [1.165, 1.54) is 0 Å². The number of thiazole rings is 1. The van der Waals surface area contributed by atoms with Crippen LogP contribution in [0.4, 0.5) is 10.8 Å². The number of hydrogen-bond donors (Lipinski definition) is 0. The number of piperazine rings is 1. The van der Waals surface area contributed by atoms with Crippen molar-refractivity contribution in [3.8, 4) is 6.07 Å². The van der Waals surface area contributed by atoms with Gasteiger partial charge in [0.05, 0.1) is 11.6 Å². The van der Waals surface area contributed by atoms with Crippen molar-refractivity contribution in [1.29, 1.82) is 5.26 Å². The first-order valence-electron chi connectivity index (χ1n) is 6.26. The van der Waals surface area contributed by atoms with Crippen molar-refractivity contribution in [2.45, 2.75) is 0 Å². The van der Waals surface area contributed by atoms with Crippen LogP contribution in [0, 0.1) is 11.3 Å². The number of anilines is 2. The Kier molecular flexibility index (Phi) is 3.34. The molecule has 0 radical (unpaired) electrons. The second kappa shape index (κ2) is 5.29. The van der Waals surface area contributed by atoms with Gasteiger partial charge in [-0.2, -0.15) is 5.26 Å². The fraction of sp³-hybridized carbons (Fsp3) is 0.286. The third kappa shape index (κ3) is 2.54. The van der Waals surface area contributed by atoms with Crippen LogP contribution in [0.1, 0.15) is 5.56 Å². The smallest absolute Gasteiger partial charge is 0.185 e. The first kappa shape index (κ1) is 12.0. The first-order chi connectivity index (χ1) is 9.36. The second-order valence-electron chi connectivity index (χ2n) is 4.45. The van der Waals surface area contributed by atoms with Gasteiger partial charge in [-0.15, -0.1) is 11.3 Å². The molecule has 4 nitrogen and oxygen atoms in total. The highest BCUT2D eigenvalue weighted by Crippen LogP contribution is 2.22. The molecule has 96 valence electrons. The lowest BCUT2D eigenvalue weighted by Crippen LogP contribution is -2.46. The highest BCUT2D eigenvalue weighted by molar-refractivity contribution is 7.13. The average Bonchev–Trinajstić information content (AvgIpc) is 3.02. The standard InChI is InChI=1S/C14H14N4S/c15-11-12-2-1-3-13(10-12)17-5-7-18(8-6-17)14-16-4-9-19-14/h1-4,9-10H,5-8H2. The van der Waals surface area contributed by atoms with Crippen LogP contribution in [0.2, 0.25) is 0 Å². The van der Waals surface area contributed by atoms with Crippen molar-refractivity contribution >= 4 is 22.2 Å². The summed E-state index contributed by atoms with van der Waals surface area (Å²) in [6.07, 6.45) is 1.85. The van der Waals surface area contributed by atoms with Crippen LogP contribution in [0.15, 0.2) is 35.8 Å². The van der Waals surface area contributed by atoms with Crippen LogP contribution in [-0.4, -0.2) is 31.2 Å². The Morgan fingerprint density at radius 2 is 1.95 bits per heavy atom. The summed E-state index contributed by atoms with van der Waals surface area (Å²) in [6.45, 7) is 3.89. The van der Waals surface area contributed by atoms with Crippen molar-refractivity contribution in [2.24, 2.45) is 0 Å². The van der Waals surface area contributed by atoms with Crippen LogP contribution in [0.5, 0.6) is 0 Å². The SMILES string of the molecule is N#Cc1cccc(N2CCN(c3nccs3)CC2)c1. The molecule has 19 heavy (non-hydrogen) atoms. The van der Waals surface area contributed by atoms with E-state index in [0.29, 0.717) is 0 Å².